The zero-order valence-corrected chi connectivity index (χ0v) is 59.4. The van der Waals surface area contributed by atoms with Gasteiger partial charge in [0.1, 0.15) is 0 Å². The van der Waals surface area contributed by atoms with Gasteiger partial charge in [-0.25, -0.2) is 0 Å². The molecule has 0 unspecified atom stereocenters. The second-order valence-corrected chi connectivity index (χ2v) is 31.6. The van der Waals surface area contributed by atoms with Gasteiger partial charge in [0.05, 0.1) is 22.4 Å². The predicted molar refractivity (Wildman–Crippen MR) is 438 cm³/mol. The number of aromatic nitrogens is 1. The predicted octanol–water partition coefficient (Wildman–Crippen LogP) is 25.1. The van der Waals surface area contributed by atoms with E-state index in [9.17, 15) is 0 Å². The van der Waals surface area contributed by atoms with E-state index in [2.05, 4.69) is 386 Å². The minimum Gasteiger partial charge on any atom is -0.310 e. The molecule has 0 aliphatic carbocycles. The van der Waals surface area contributed by atoms with E-state index in [-0.39, 0.29) is 23.0 Å². The Labute approximate surface area is 599 Å². The summed E-state index contributed by atoms with van der Waals surface area (Å²) in [5, 5.41) is 10.4. The van der Waals surface area contributed by atoms with Crippen LogP contribution in [0.2, 0.25) is 0 Å². The molecule has 0 atom stereocenters. The van der Waals surface area contributed by atoms with Gasteiger partial charge in [-0.15, -0.1) is 0 Å². The van der Waals surface area contributed by atoms with Crippen molar-refractivity contribution in [1.82, 2.24) is 4.57 Å². The fraction of sp³-hybridized carbons (Fsp3) is 0.122. The van der Waals surface area contributed by atoms with Gasteiger partial charge in [-0.3, -0.25) is 0 Å². The maximum atomic E-state index is 2.75. The van der Waals surface area contributed by atoms with E-state index in [4.69, 9.17) is 0 Å². The Morgan fingerprint density at radius 3 is 1.11 bits per heavy atom. The van der Waals surface area contributed by atoms with Crippen LogP contribution < -0.4 is 26.2 Å². The van der Waals surface area contributed by atoms with Crippen LogP contribution in [-0.2, 0) is 16.2 Å². The molecule has 0 saturated carbocycles. The van der Waals surface area contributed by atoms with Gasteiger partial charge in [0.15, 0.2) is 0 Å². The van der Waals surface area contributed by atoms with Crippen LogP contribution in [-0.4, -0.2) is 11.3 Å². The molecule has 17 aromatic rings. The van der Waals surface area contributed by atoms with Crippen LogP contribution >= 0.6 is 0 Å². The van der Waals surface area contributed by atoms with Crippen LogP contribution in [0.1, 0.15) is 79.0 Å². The molecule has 2 aliphatic heterocycles. The Morgan fingerprint density at radius 2 is 0.647 bits per heavy atom. The molecular weight excluding hydrogens is 1230 g/mol. The first-order valence-corrected chi connectivity index (χ1v) is 36.3. The van der Waals surface area contributed by atoms with E-state index in [1.807, 2.05) is 0 Å². The normalized spacial score (nSPS) is 13.1. The first-order valence-electron chi connectivity index (χ1n) is 36.3. The Balaban J connectivity index is 0.991. The lowest BCUT2D eigenvalue weighted by atomic mass is 9.33. The molecule has 0 N–H and O–H groups in total. The van der Waals surface area contributed by atoms with E-state index in [1.54, 1.807) is 0 Å². The number of rotatable bonds is 9. The summed E-state index contributed by atoms with van der Waals surface area (Å²) in [6.45, 7) is 21.2. The number of benzene rings is 16. The highest BCUT2D eigenvalue weighted by Crippen LogP contribution is 2.56. The van der Waals surface area contributed by atoms with Crippen molar-refractivity contribution < 1.29 is 0 Å². The second-order valence-electron chi connectivity index (χ2n) is 31.6. The summed E-state index contributed by atoms with van der Waals surface area (Å²) in [6, 6.07) is 118. The highest BCUT2D eigenvalue weighted by molar-refractivity contribution is 7.00. The smallest absolute Gasteiger partial charge is 0.252 e. The molecule has 3 nitrogen and oxygen atoms in total. The van der Waals surface area contributed by atoms with Crippen molar-refractivity contribution in [3.8, 4) is 72.4 Å². The van der Waals surface area contributed by atoms with Gasteiger partial charge in [-0.2, -0.15) is 0 Å². The summed E-state index contributed by atoms with van der Waals surface area (Å²) < 4.78 is 2.59. The van der Waals surface area contributed by atoms with Crippen molar-refractivity contribution in [1.29, 1.82) is 0 Å². The quantitative estimate of drug-likeness (QED) is 0.0811. The zero-order chi connectivity index (χ0) is 69.1. The Morgan fingerprint density at radius 1 is 0.255 bits per heavy atom. The highest BCUT2D eigenvalue weighted by atomic mass is 15.2. The van der Waals surface area contributed by atoms with E-state index in [0.717, 1.165) is 56.4 Å². The molecule has 102 heavy (non-hydrogen) atoms. The number of hydrogen-bond acceptors (Lipinski definition) is 2. The third kappa shape index (κ3) is 9.63. The fourth-order valence-electron chi connectivity index (χ4n) is 17.2. The number of fused-ring (bicyclic) bond motifs is 5. The van der Waals surface area contributed by atoms with Gasteiger partial charge in [0.25, 0.3) is 6.71 Å². The maximum Gasteiger partial charge on any atom is 0.252 e. The lowest BCUT2D eigenvalue weighted by Crippen LogP contribution is -2.61. The SMILES string of the molecule is CC(C)(C)c1cc(-c2ccccc2)c(N2c3ccc(-c4ccccc4)cc3B3c4ccc(-n5c6ccc7cccc8c9cccc%10ccc5c(c%109)c6c78)cc4N(c4c(-c5ccccc5)cc(C(C)(C)C)cc4-c4ccccc4)c4cc(C(C)(C)C)cc2c43)c(-c2cccc(-c3ccccc3)c2)c1. The van der Waals surface area contributed by atoms with Gasteiger partial charge in [0.2, 0.25) is 0 Å². The first-order chi connectivity index (χ1) is 49.5. The monoisotopic (exact) mass is 1310 g/mol. The molecule has 1 aromatic heterocycles. The van der Waals surface area contributed by atoms with Gasteiger partial charge < -0.3 is 14.4 Å². The topological polar surface area (TPSA) is 11.4 Å². The van der Waals surface area contributed by atoms with Crippen molar-refractivity contribution >= 4 is 111 Å². The van der Waals surface area contributed by atoms with Gasteiger partial charge in [-0.1, -0.05) is 299 Å². The largest absolute Gasteiger partial charge is 0.310 e. The lowest BCUT2D eigenvalue weighted by molar-refractivity contribution is 0.590. The number of hydrogen-bond donors (Lipinski definition) is 0. The first kappa shape index (κ1) is 61.4. The van der Waals surface area contributed by atoms with Crippen LogP contribution in [0.15, 0.2) is 309 Å². The maximum absolute atomic E-state index is 2.75. The van der Waals surface area contributed by atoms with E-state index < -0.39 is 0 Å². The Kier molecular flexibility index (Phi) is 13.8. The van der Waals surface area contributed by atoms with E-state index >= 15 is 0 Å². The lowest BCUT2D eigenvalue weighted by Gasteiger charge is -2.47. The van der Waals surface area contributed by atoms with Crippen molar-refractivity contribution in [2.24, 2.45) is 0 Å². The highest BCUT2D eigenvalue weighted by Gasteiger charge is 2.47. The summed E-state index contributed by atoms with van der Waals surface area (Å²) in [5.74, 6) is 0. The van der Waals surface area contributed by atoms with Gasteiger partial charge in [-0.05, 0) is 199 Å². The van der Waals surface area contributed by atoms with Crippen molar-refractivity contribution in [3.63, 3.8) is 0 Å². The average Bonchev–Trinajstić information content (AvgIpc) is 1.14. The van der Waals surface area contributed by atoms with E-state index in [1.165, 1.54) is 137 Å². The van der Waals surface area contributed by atoms with Crippen LogP contribution in [0.4, 0.5) is 34.1 Å². The van der Waals surface area contributed by atoms with Gasteiger partial charge in [0, 0.05) is 61.5 Å². The minimum absolute atomic E-state index is 0.193. The molecule has 2 aliphatic rings. The Bertz CT molecular complexity index is 6000. The molecule has 0 bridgehead atoms. The molecule has 488 valence electrons. The van der Waals surface area contributed by atoms with Crippen LogP contribution in [0.5, 0.6) is 0 Å². The van der Waals surface area contributed by atoms with Crippen LogP contribution in [0.3, 0.4) is 0 Å². The second kappa shape index (κ2) is 22.9. The van der Waals surface area contributed by atoms with Gasteiger partial charge >= 0.3 is 0 Å². The molecule has 0 amide bonds. The minimum atomic E-state index is -0.317. The molecule has 3 heterocycles. The molecule has 16 aromatic carbocycles. The molecule has 0 radical (unpaired) electrons. The summed E-state index contributed by atoms with van der Waals surface area (Å²) in [5.41, 5.74) is 31.4. The standard InChI is InChI=1S/C98H78BN3/c1-96(2,3)71-54-77(63-32-19-12-20-33-63)94(78(55-71)64-34-21-13-22-35-64)102-86-60-74(100-84-50-44-66-38-26-42-75-76-43-27-39-67-45-51-85(100)92(90(67)76)91(84)89(66)75)47-48-81(86)99-82-53-69(62-30-17-11-18-31-62)46-49-83(82)101(87-58-73(98(7,8)9)59-88(102)93(87)99)95-79(65-36-23-14-24-37-65)56-72(97(4,5)6)57-80(95)70-41-25-40-68(52-70)61-28-15-10-16-29-61/h10-60H,1-9H3. The van der Waals surface area contributed by atoms with Crippen molar-refractivity contribution in [2.75, 3.05) is 9.80 Å². The summed E-state index contributed by atoms with van der Waals surface area (Å²) in [4.78, 5) is 5.48. The van der Waals surface area contributed by atoms with Crippen molar-refractivity contribution in [3.05, 3.63) is 326 Å². The van der Waals surface area contributed by atoms with Crippen LogP contribution in [0, 0.1) is 0 Å². The number of anilines is 6. The summed E-state index contributed by atoms with van der Waals surface area (Å²) in [7, 11) is 0. The molecular formula is C98H78BN3. The van der Waals surface area contributed by atoms with E-state index in [0.29, 0.717) is 0 Å². The third-order valence-electron chi connectivity index (χ3n) is 22.3. The zero-order valence-electron chi connectivity index (χ0n) is 59.4. The fourth-order valence-corrected chi connectivity index (χ4v) is 17.2. The van der Waals surface area contributed by atoms with Crippen molar-refractivity contribution in [2.45, 2.75) is 78.6 Å². The Hall–Kier alpha value is -11.7. The summed E-state index contributed by atoms with van der Waals surface area (Å²) >= 11 is 0. The summed E-state index contributed by atoms with van der Waals surface area (Å²) in [6.07, 6.45) is 0. The molecule has 4 heteroatoms. The third-order valence-corrected chi connectivity index (χ3v) is 22.3. The molecule has 0 saturated heterocycles. The van der Waals surface area contributed by atoms with Crippen LogP contribution in [0.25, 0.3) is 127 Å². The molecule has 0 fully saturated rings. The number of nitrogens with zero attached hydrogens (tertiary/aromatic N) is 3. The molecule has 0 spiro atoms. The average molecular weight is 1310 g/mol. The molecule has 19 rings (SSSR count).